The molecule has 2 heterocycles. The number of amides is 3. The quantitative estimate of drug-likeness (QED) is 0.718. The summed E-state index contributed by atoms with van der Waals surface area (Å²) in [5.74, 6) is -0.968. The van der Waals surface area contributed by atoms with Crippen molar-refractivity contribution in [2.45, 2.75) is 25.9 Å². The molecule has 0 bridgehead atoms. The summed E-state index contributed by atoms with van der Waals surface area (Å²) in [6.45, 7) is 3.65. The van der Waals surface area contributed by atoms with E-state index in [9.17, 15) is 14.4 Å². The fraction of sp³-hybridized carbons (Fsp3) is 0.286. The lowest BCUT2D eigenvalue weighted by atomic mass is 10.1. The summed E-state index contributed by atoms with van der Waals surface area (Å²) in [4.78, 5) is 39.4. The van der Waals surface area contributed by atoms with E-state index >= 15 is 0 Å². The molecule has 2 aromatic carbocycles. The second-order valence-corrected chi connectivity index (χ2v) is 7.80. The van der Waals surface area contributed by atoms with E-state index in [-0.39, 0.29) is 17.5 Å². The second-order valence-electron chi connectivity index (χ2n) is 7.39. The number of methoxy groups -OCH3 is 1. The second kappa shape index (κ2) is 7.99. The number of carbonyl (C=O) groups is 3. The topological polar surface area (TPSA) is 104 Å². The molecule has 1 fully saturated rings. The molecule has 2 atom stereocenters. The highest BCUT2D eigenvalue weighted by atomic mass is 35.5. The maximum atomic E-state index is 13.0. The molecule has 0 spiro atoms. The highest BCUT2D eigenvalue weighted by Gasteiger charge is 2.55. The van der Waals surface area contributed by atoms with E-state index in [1.54, 1.807) is 12.1 Å². The maximum Gasteiger partial charge on any atom is 0.263 e. The number of anilines is 2. The summed E-state index contributed by atoms with van der Waals surface area (Å²) in [5.41, 5.74) is 2.99. The van der Waals surface area contributed by atoms with Crippen molar-refractivity contribution in [3.05, 3.63) is 52.5 Å². The van der Waals surface area contributed by atoms with E-state index in [4.69, 9.17) is 16.3 Å². The van der Waals surface area contributed by atoms with Crippen molar-refractivity contribution in [1.29, 1.82) is 0 Å². The third kappa shape index (κ3) is 3.72. The first kappa shape index (κ1) is 20.8. The van der Waals surface area contributed by atoms with Gasteiger partial charge in [-0.2, -0.15) is 5.11 Å². The number of hydrogen-bond donors (Lipinski definition) is 1. The van der Waals surface area contributed by atoms with Crippen LogP contribution < -0.4 is 15.0 Å². The number of fused-ring (bicyclic) bond motifs is 1. The summed E-state index contributed by atoms with van der Waals surface area (Å²) >= 11 is 6.14. The molecule has 2 aliphatic rings. The molecule has 31 heavy (non-hydrogen) atoms. The minimum atomic E-state index is -0.998. The molecule has 0 unspecified atom stereocenters. The van der Waals surface area contributed by atoms with Gasteiger partial charge >= 0.3 is 0 Å². The number of nitrogens with one attached hydrogen (secondary N) is 1. The van der Waals surface area contributed by atoms with Crippen molar-refractivity contribution >= 4 is 40.7 Å². The summed E-state index contributed by atoms with van der Waals surface area (Å²) < 4.78 is 5.11. The van der Waals surface area contributed by atoms with Crippen molar-refractivity contribution in [2.75, 3.05) is 23.9 Å². The zero-order chi connectivity index (χ0) is 22.3. The summed E-state index contributed by atoms with van der Waals surface area (Å²) in [5, 5.41) is 12.2. The standard InChI is InChI=1S/C21H20ClN5O4/c1-11-4-6-15(12(2)8-11)23-17(28)10-26-19-18(24-25-26)20(29)27(21(19)30)13-5-7-16(31-3)14(22)9-13/h4-9,18-19H,10H2,1-3H3,(H,23,28)/t18-,19-/m0/s1. The maximum absolute atomic E-state index is 13.0. The zero-order valence-corrected chi connectivity index (χ0v) is 17.9. The zero-order valence-electron chi connectivity index (χ0n) is 17.1. The number of imide groups is 1. The molecule has 0 aromatic heterocycles. The van der Waals surface area contributed by atoms with E-state index in [1.165, 1.54) is 18.2 Å². The molecule has 0 aliphatic carbocycles. The van der Waals surface area contributed by atoms with Crippen LogP contribution in [0, 0.1) is 13.8 Å². The van der Waals surface area contributed by atoms with Crippen LogP contribution in [0.25, 0.3) is 0 Å². The lowest BCUT2D eigenvalue weighted by Gasteiger charge is -2.20. The smallest absolute Gasteiger partial charge is 0.263 e. The molecule has 0 radical (unpaired) electrons. The molecule has 2 aromatic rings. The third-order valence-corrected chi connectivity index (χ3v) is 5.51. The van der Waals surface area contributed by atoms with E-state index in [0.29, 0.717) is 17.1 Å². The Hall–Kier alpha value is -3.46. The lowest BCUT2D eigenvalue weighted by molar-refractivity contribution is -0.123. The Bertz CT molecular complexity index is 1120. The van der Waals surface area contributed by atoms with Gasteiger partial charge in [-0.15, -0.1) is 0 Å². The monoisotopic (exact) mass is 441 g/mol. The number of halogens is 1. The molecule has 2 aliphatic heterocycles. The highest BCUT2D eigenvalue weighted by molar-refractivity contribution is 6.33. The minimum absolute atomic E-state index is 0.214. The third-order valence-electron chi connectivity index (χ3n) is 5.21. The molecule has 10 heteroatoms. The molecule has 9 nitrogen and oxygen atoms in total. The SMILES string of the molecule is COc1ccc(N2C(=O)[C@H]3N=NN(CC(=O)Nc4ccc(C)cc4C)[C@@H]3C2=O)cc1Cl. The van der Waals surface area contributed by atoms with Crippen LogP contribution in [0.2, 0.25) is 5.02 Å². The van der Waals surface area contributed by atoms with Crippen molar-refractivity contribution in [3.8, 4) is 5.75 Å². The van der Waals surface area contributed by atoms with Gasteiger partial charge < -0.3 is 10.1 Å². The van der Waals surface area contributed by atoms with Crippen LogP contribution in [-0.4, -0.2) is 48.5 Å². The van der Waals surface area contributed by atoms with E-state index < -0.39 is 23.9 Å². The van der Waals surface area contributed by atoms with Crippen LogP contribution in [-0.2, 0) is 14.4 Å². The van der Waals surface area contributed by atoms with E-state index in [0.717, 1.165) is 16.0 Å². The van der Waals surface area contributed by atoms with Crippen molar-refractivity contribution in [1.82, 2.24) is 5.01 Å². The summed E-state index contributed by atoms with van der Waals surface area (Å²) in [6, 6.07) is 8.31. The molecular weight excluding hydrogens is 422 g/mol. The first-order valence-electron chi connectivity index (χ1n) is 9.56. The molecule has 3 amide bonds. The van der Waals surface area contributed by atoms with Gasteiger partial charge in [0.2, 0.25) is 5.91 Å². The van der Waals surface area contributed by atoms with Crippen molar-refractivity contribution in [2.24, 2.45) is 10.3 Å². The number of nitrogens with zero attached hydrogens (tertiary/aromatic N) is 4. The molecule has 1 N–H and O–H groups in total. The number of rotatable bonds is 5. The van der Waals surface area contributed by atoms with E-state index in [1.807, 2.05) is 32.0 Å². The van der Waals surface area contributed by atoms with Gasteiger partial charge in [0.05, 0.1) is 17.8 Å². The van der Waals surface area contributed by atoms with Gasteiger partial charge in [0, 0.05) is 5.69 Å². The Morgan fingerprint density at radius 1 is 1.16 bits per heavy atom. The summed E-state index contributed by atoms with van der Waals surface area (Å²) in [6.07, 6.45) is 0. The largest absolute Gasteiger partial charge is 0.495 e. The van der Waals surface area contributed by atoms with Crippen LogP contribution in [0.4, 0.5) is 11.4 Å². The van der Waals surface area contributed by atoms with Gasteiger partial charge in [-0.3, -0.25) is 19.4 Å². The Morgan fingerprint density at radius 2 is 1.94 bits per heavy atom. The van der Waals surface area contributed by atoms with Gasteiger partial charge in [0.25, 0.3) is 11.8 Å². The first-order chi connectivity index (χ1) is 14.8. The predicted octanol–water partition coefficient (Wildman–Crippen LogP) is 2.90. The Morgan fingerprint density at radius 3 is 2.61 bits per heavy atom. The Labute approximate surface area is 183 Å². The molecule has 1 saturated heterocycles. The van der Waals surface area contributed by atoms with Crippen LogP contribution in [0.5, 0.6) is 5.75 Å². The highest BCUT2D eigenvalue weighted by Crippen LogP contribution is 2.35. The van der Waals surface area contributed by atoms with Crippen LogP contribution in [0.3, 0.4) is 0 Å². The van der Waals surface area contributed by atoms with E-state index in [2.05, 4.69) is 15.7 Å². The lowest BCUT2D eigenvalue weighted by Crippen LogP contribution is -2.43. The van der Waals surface area contributed by atoms with Gasteiger partial charge in [0.1, 0.15) is 12.3 Å². The van der Waals surface area contributed by atoms with Crippen LogP contribution >= 0.6 is 11.6 Å². The first-order valence-corrected chi connectivity index (χ1v) is 9.94. The van der Waals surface area contributed by atoms with Crippen molar-refractivity contribution < 1.29 is 19.1 Å². The fourth-order valence-electron chi connectivity index (χ4n) is 3.69. The Kier molecular flexibility index (Phi) is 5.36. The van der Waals surface area contributed by atoms with Crippen LogP contribution in [0.1, 0.15) is 11.1 Å². The van der Waals surface area contributed by atoms with Gasteiger partial charge in [-0.05, 0) is 43.7 Å². The molecular formula is C21H20ClN5O4. The van der Waals surface area contributed by atoms with Crippen molar-refractivity contribution in [3.63, 3.8) is 0 Å². The van der Waals surface area contributed by atoms with Crippen LogP contribution in [0.15, 0.2) is 46.7 Å². The number of aryl methyl sites for hydroxylation is 2. The fourth-order valence-corrected chi connectivity index (χ4v) is 3.95. The number of hydrogen-bond acceptors (Lipinski definition) is 7. The van der Waals surface area contributed by atoms with Gasteiger partial charge in [-0.25, -0.2) is 4.90 Å². The number of ether oxygens (including phenoxy) is 1. The van der Waals surface area contributed by atoms with Gasteiger partial charge in [-0.1, -0.05) is 34.5 Å². The average molecular weight is 442 g/mol. The number of carbonyl (C=O) groups excluding carboxylic acids is 3. The number of benzene rings is 2. The molecule has 160 valence electrons. The minimum Gasteiger partial charge on any atom is -0.495 e. The van der Waals surface area contributed by atoms with Gasteiger partial charge in [0.15, 0.2) is 12.1 Å². The molecule has 0 saturated carbocycles. The normalized spacial score (nSPS) is 19.7. The Balaban J connectivity index is 1.50. The predicted molar refractivity (Wildman–Crippen MR) is 114 cm³/mol. The summed E-state index contributed by atoms with van der Waals surface area (Å²) in [7, 11) is 1.47. The molecule has 4 rings (SSSR count). The average Bonchev–Trinajstić information content (AvgIpc) is 3.24.